The van der Waals surface area contributed by atoms with Gasteiger partial charge in [0.05, 0.1) is 11.8 Å². The summed E-state index contributed by atoms with van der Waals surface area (Å²) >= 11 is 4.94. The number of ether oxygens (including phenoxy) is 1. The van der Waals surface area contributed by atoms with Crippen molar-refractivity contribution in [2.24, 2.45) is 5.73 Å². The Bertz CT molecular complexity index is 358. The third kappa shape index (κ3) is 3.71. The SMILES string of the molecule is COCCC(C)Nc1nnccc1C(N)=S. The number of nitrogens with zero attached hydrogens (tertiary/aromatic N) is 2. The zero-order chi connectivity index (χ0) is 12.0. The summed E-state index contributed by atoms with van der Waals surface area (Å²) in [6, 6.07) is 1.98. The summed E-state index contributed by atoms with van der Waals surface area (Å²) in [5.74, 6) is 0.624. The summed E-state index contributed by atoms with van der Waals surface area (Å²) in [5, 5.41) is 11.0. The third-order valence-corrected chi connectivity index (χ3v) is 2.34. The number of methoxy groups -OCH3 is 1. The van der Waals surface area contributed by atoms with Gasteiger partial charge >= 0.3 is 0 Å². The van der Waals surface area contributed by atoms with Crippen molar-refractivity contribution in [2.45, 2.75) is 19.4 Å². The second-order valence-electron chi connectivity index (χ2n) is 3.48. The van der Waals surface area contributed by atoms with Crippen molar-refractivity contribution in [1.29, 1.82) is 0 Å². The number of hydrogen-bond acceptors (Lipinski definition) is 5. The number of aromatic nitrogens is 2. The van der Waals surface area contributed by atoms with Gasteiger partial charge in [-0.1, -0.05) is 12.2 Å². The second kappa shape index (κ2) is 6.34. The topological polar surface area (TPSA) is 73.1 Å². The fourth-order valence-corrected chi connectivity index (χ4v) is 1.40. The van der Waals surface area contributed by atoms with E-state index in [-0.39, 0.29) is 6.04 Å². The fraction of sp³-hybridized carbons (Fsp3) is 0.500. The van der Waals surface area contributed by atoms with Crippen LogP contribution in [0.4, 0.5) is 5.82 Å². The molecular formula is C10H16N4OS. The standard InChI is InChI=1S/C10H16N4OS/c1-7(4-6-15-2)13-10-8(9(11)16)3-5-12-14-10/h3,5,7H,4,6H2,1-2H3,(H2,11,16)(H,13,14). The maximum absolute atomic E-state index is 5.59. The zero-order valence-electron chi connectivity index (χ0n) is 9.43. The van der Waals surface area contributed by atoms with Gasteiger partial charge in [-0.05, 0) is 19.4 Å². The summed E-state index contributed by atoms with van der Waals surface area (Å²) in [4.78, 5) is 0.316. The number of thiocarbonyl (C=S) groups is 1. The highest BCUT2D eigenvalue weighted by atomic mass is 32.1. The molecule has 0 aliphatic heterocycles. The van der Waals surface area contributed by atoms with Crippen molar-refractivity contribution in [3.05, 3.63) is 17.8 Å². The van der Waals surface area contributed by atoms with E-state index in [0.717, 1.165) is 6.42 Å². The number of rotatable bonds is 6. The smallest absolute Gasteiger partial charge is 0.159 e. The van der Waals surface area contributed by atoms with Gasteiger partial charge in [-0.15, -0.1) is 5.10 Å². The van der Waals surface area contributed by atoms with Gasteiger partial charge in [-0.3, -0.25) is 0 Å². The number of nitrogens with one attached hydrogen (secondary N) is 1. The monoisotopic (exact) mass is 240 g/mol. The van der Waals surface area contributed by atoms with Crippen LogP contribution in [-0.4, -0.2) is 34.9 Å². The summed E-state index contributed by atoms with van der Waals surface area (Å²) in [7, 11) is 1.68. The molecule has 6 heteroatoms. The molecule has 0 spiro atoms. The summed E-state index contributed by atoms with van der Waals surface area (Å²) in [6.45, 7) is 2.73. The lowest BCUT2D eigenvalue weighted by Crippen LogP contribution is -2.22. The molecule has 16 heavy (non-hydrogen) atoms. The van der Waals surface area contributed by atoms with Crippen molar-refractivity contribution < 1.29 is 4.74 Å². The lowest BCUT2D eigenvalue weighted by molar-refractivity contribution is 0.191. The van der Waals surface area contributed by atoms with Crippen LogP contribution in [0, 0.1) is 0 Å². The van der Waals surface area contributed by atoms with Crippen molar-refractivity contribution in [3.8, 4) is 0 Å². The first-order valence-electron chi connectivity index (χ1n) is 5.02. The molecule has 0 aliphatic carbocycles. The van der Waals surface area contributed by atoms with Crippen LogP contribution in [0.3, 0.4) is 0 Å². The molecule has 0 bridgehead atoms. The van der Waals surface area contributed by atoms with Crippen molar-refractivity contribution in [1.82, 2.24) is 10.2 Å². The van der Waals surface area contributed by atoms with E-state index in [2.05, 4.69) is 15.5 Å². The Morgan fingerprint density at radius 1 is 1.69 bits per heavy atom. The average Bonchev–Trinajstić information content (AvgIpc) is 2.27. The molecule has 0 saturated heterocycles. The van der Waals surface area contributed by atoms with E-state index in [1.165, 1.54) is 0 Å². The maximum Gasteiger partial charge on any atom is 0.159 e. The maximum atomic E-state index is 5.59. The fourth-order valence-electron chi connectivity index (χ4n) is 1.24. The normalized spacial score (nSPS) is 12.1. The lowest BCUT2D eigenvalue weighted by atomic mass is 10.2. The molecule has 1 aromatic heterocycles. The van der Waals surface area contributed by atoms with E-state index < -0.39 is 0 Å². The van der Waals surface area contributed by atoms with E-state index in [4.69, 9.17) is 22.7 Å². The molecule has 0 aromatic carbocycles. The predicted octanol–water partition coefficient (Wildman–Crippen LogP) is 0.948. The van der Waals surface area contributed by atoms with Crippen LogP contribution in [-0.2, 0) is 4.74 Å². The first-order chi connectivity index (χ1) is 7.65. The van der Waals surface area contributed by atoms with Crippen LogP contribution in [0.2, 0.25) is 0 Å². The second-order valence-corrected chi connectivity index (χ2v) is 3.92. The van der Waals surface area contributed by atoms with Gasteiger partial charge in [-0.2, -0.15) is 5.10 Å². The minimum atomic E-state index is 0.227. The molecule has 0 amide bonds. The van der Waals surface area contributed by atoms with E-state index in [1.807, 2.05) is 6.92 Å². The molecule has 88 valence electrons. The highest BCUT2D eigenvalue weighted by Crippen LogP contribution is 2.12. The Morgan fingerprint density at radius 2 is 2.44 bits per heavy atom. The molecule has 3 N–H and O–H groups in total. The number of hydrogen-bond donors (Lipinski definition) is 2. The van der Waals surface area contributed by atoms with Gasteiger partial charge < -0.3 is 15.8 Å². The van der Waals surface area contributed by atoms with Gasteiger partial charge in [0.15, 0.2) is 5.82 Å². The average molecular weight is 240 g/mol. The molecule has 1 unspecified atom stereocenters. The molecule has 1 heterocycles. The Labute approximate surface area is 100 Å². The van der Waals surface area contributed by atoms with Gasteiger partial charge in [0.1, 0.15) is 4.99 Å². The van der Waals surface area contributed by atoms with E-state index in [9.17, 15) is 0 Å². The summed E-state index contributed by atoms with van der Waals surface area (Å²) in [6.07, 6.45) is 2.45. The van der Waals surface area contributed by atoms with Gasteiger partial charge in [0.2, 0.25) is 0 Å². The lowest BCUT2D eigenvalue weighted by Gasteiger charge is -2.15. The molecule has 1 atom stereocenters. The van der Waals surface area contributed by atoms with Crippen molar-refractivity contribution in [3.63, 3.8) is 0 Å². The first-order valence-corrected chi connectivity index (χ1v) is 5.43. The van der Waals surface area contributed by atoms with Crippen molar-refractivity contribution in [2.75, 3.05) is 19.0 Å². The van der Waals surface area contributed by atoms with E-state index >= 15 is 0 Å². The molecule has 0 fully saturated rings. The Morgan fingerprint density at radius 3 is 3.06 bits per heavy atom. The Kier molecular flexibility index (Phi) is 5.07. The summed E-state index contributed by atoms with van der Waals surface area (Å²) < 4.78 is 5.00. The molecule has 0 radical (unpaired) electrons. The Hall–Kier alpha value is -1.27. The molecule has 1 aromatic rings. The molecule has 5 nitrogen and oxygen atoms in total. The molecule has 1 rings (SSSR count). The van der Waals surface area contributed by atoms with Crippen molar-refractivity contribution >= 4 is 23.0 Å². The van der Waals surface area contributed by atoms with Crippen LogP contribution in [0.5, 0.6) is 0 Å². The van der Waals surface area contributed by atoms with Gasteiger partial charge in [-0.25, -0.2) is 0 Å². The quantitative estimate of drug-likeness (QED) is 0.721. The van der Waals surface area contributed by atoms with Crippen LogP contribution < -0.4 is 11.1 Å². The molecule has 0 aliphatic rings. The minimum absolute atomic E-state index is 0.227. The minimum Gasteiger partial charge on any atom is -0.389 e. The zero-order valence-corrected chi connectivity index (χ0v) is 10.3. The highest BCUT2D eigenvalue weighted by molar-refractivity contribution is 7.80. The molecule has 0 saturated carbocycles. The number of anilines is 1. The van der Waals surface area contributed by atoms with Crippen LogP contribution in [0.15, 0.2) is 12.3 Å². The number of nitrogens with two attached hydrogens (primary N) is 1. The largest absolute Gasteiger partial charge is 0.389 e. The molecular weight excluding hydrogens is 224 g/mol. The van der Waals surface area contributed by atoms with E-state index in [0.29, 0.717) is 23.0 Å². The highest BCUT2D eigenvalue weighted by Gasteiger charge is 2.09. The Balaban J connectivity index is 2.69. The van der Waals surface area contributed by atoms with Crippen LogP contribution >= 0.6 is 12.2 Å². The van der Waals surface area contributed by atoms with Gasteiger partial charge in [0.25, 0.3) is 0 Å². The third-order valence-electron chi connectivity index (χ3n) is 2.12. The summed E-state index contributed by atoms with van der Waals surface area (Å²) in [5.41, 5.74) is 6.31. The van der Waals surface area contributed by atoms with Crippen LogP contribution in [0.25, 0.3) is 0 Å². The predicted molar refractivity (Wildman–Crippen MR) is 67.5 cm³/mol. The van der Waals surface area contributed by atoms with Gasteiger partial charge in [0, 0.05) is 19.8 Å². The van der Waals surface area contributed by atoms with Crippen LogP contribution in [0.1, 0.15) is 18.9 Å². The first kappa shape index (κ1) is 12.8. The van der Waals surface area contributed by atoms with E-state index in [1.54, 1.807) is 19.4 Å².